The molecule has 0 fully saturated rings. The highest BCUT2D eigenvalue weighted by molar-refractivity contribution is 7.90. The molecule has 0 aromatic heterocycles. The van der Waals surface area contributed by atoms with Crippen molar-refractivity contribution in [3.8, 4) is 0 Å². The summed E-state index contributed by atoms with van der Waals surface area (Å²) in [6.07, 6.45) is 0.849. The third kappa shape index (κ3) is 4.74. The Morgan fingerprint density at radius 1 is 1.26 bits per heavy atom. The summed E-state index contributed by atoms with van der Waals surface area (Å²) in [5.41, 5.74) is -0.874. The maximum absolute atomic E-state index is 12.1. The molecule has 2 N–H and O–H groups in total. The predicted molar refractivity (Wildman–Crippen MR) is 79.9 cm³/mol. The number of benzene rings is 1. The zero-order valence-corrected chi connectivity index (χ0v) is 13.5. The van der Waals surface area contributed by atoms with Crippen molar-refractivity contribution in [3.63, 3.8) is 0 Å². The van der Waals surface area contributed by atoms with Crippen molar-refractivity contribution in [1.29, 1.82) is 0 Å². The molecule has 1 atom stereocenters. The molecule has 23 heavy (non-hydrogen) atoms. The van der Waals surface area contributed by atoms with Crippen molar-refractivity contribution in [3.05, 3.63) is 33.9 Å². The largest absolute Gasteiger partial charge is 0.480 e. The number of nitrogens with zero attached hydrogens (tertiary/aromatic N) is 1. The summed E-state index contributed by atoms with van der Waals surface area (Å²) in [5.74, 6) is -2.59. The van der Waals surface area contributed by atoms with Gasteiger partial charge in [-0.25, -0.2) is 13.2 Å². The van der Waals surface area contributed by atoms with Crippen LogP contribution < -0.4 is 5.32 Å². The van der Waals surface area contributed by atoms with Crippen LogP contribution in [0.4, 0.5) is 5.69 Å². The molecule has 1 aromatic rings. The number of carboxylic acids is 1. The molecule has 1 aromatic carbocycles. The summed E-state index contributed by atoms with van der Waals surface area (Å²) in [4.78, 5) is 32.9. The Balaban J connectivity index is 3.31. The lowest BCUT2D eigenvalue weighted by Crippen LogP contribution is -2.44. The second kappa shape index (κ2) is 6.73. The molecule has 0 radical (unpaired) electrons. The van der Waals surface area contributed by atoms with E-state index in [1.54, 1.807) is 13.8 Å². The summed E-state index contributed by atoms with van der Waals surface area (Å²) in [6, 6.07) is 1.49. The summed E-state index contributed by atoms with van der Waals surface area (Å²) < 4.78 is 23.1. The molecule has 0 bridgehead atoms. The fourth-order valence-electron chi connectivity index (χ4n) is 1.77. The van der Waals surface area contributed by atoms with Gasteiger partial charge in [-0.2, -0.15) is 0 Å². The molecule has 126 valence electrons. The van der Waals surface area contributed by atoms with Gasteiger partial charge < -0.3 is 10.4 Å². The highest BCUT2D eigenvalue weighted by atomic mass is 32.2. The van der Waals surface area contributed by atoms with E-state index in [2.05, 4.69) is 5.32 Å². The normalized spacial score (nSPS) is 12.7. The van der Waals surface area contributed by atoms with Gasteiger partial charge in [0.2, 0.25) is 0 Å². The summed E-state index contributed by atoms with van der Waals surface area (Å²) in [5, 5.41) is 22.1. The molecule has 0 aliphatic rings. The van der Waals surface area contributed by atoms with Gasteiger partial charge in [-0.1, -0.05) is 13.8 Å². The van der Waals surface area contributed by atoms with Gasteiger partial charge in [0.05, 0.1) is 9.82 Å². The van der Waals surface area contributed by atoms with E-state index in [1.807, 2.05) is 0 Å². The van der Waals surface area contributed by atoms with E-state index in [1.165, 1.54) is 0 Å². The van der Waals surface area contributed by atoms with Gasteiger partial charge in [0.15, 0.2) is 9.84 Å². The quantitative estimate of drug-likeness (QED) is 0.574. The predicted octanol–water partition coefficient (Wildman–Crippen LogP) is 0.837. The number of hydrogen-bond acceptors (Lipinski definition) is 6. The summed E-state index contributed by atoms with van der Waals surface area (Å²) >= 11 is 0. The van der Waals surface area contributed by atoms with Crippen molar-refractivity contribution in [2.75, 3.05) is 6.26 Å². The van der Waals surface area contributed by atoms with Crippen LogP contribution in [-0.4, -0.2) is 42.6 Å². The topological polar surface area (TPSA) is 144 Å². The highest BCUT2D eigenvalue weighted by Gasteiger charge is 2.26. The first kappa shape index (κ1) is 18.6. The zero-order chi connectivity index (χ0) is 17.9. The monoisotopic (exact) mass is 344 g/mol. The van der Waals surface area contributed by atoms with Crippen LogP contribution in [0.25, 0.3) is 0 Å². The minimum atomic E-state index is -3.78. The maximum atomic E-state index is 12.1. The molecule has 0 unspecified atom stereocenters. The van der Waals surface area contributed by atoms with E-state index in [9.17, 15) is 28.1 Å². The second-order valence-electron chi connectivity index (χ2n) is 5.28. The van der Waals surface area contributed by atoms with E-state index in [-0.39, 0.29) is 5.56 Å². The van der Waals surface area contributed by atoms with E-state index >= 15 is 0 Å². The van der Waals surface area contributed by atoms with Crippen molar-refractivity contribution in [1.82, 2.24) is 5.32 Å². The fourth-order valence-corrected chi connectivity index (χ4v) is 2.45. The Labute approximate surface area is 132 Å². The number of sulfone groups is 1. The molecule has 0 saturated carbocycles. The zero-order valence-electron chi connectivity index (χ0n) is 12.6. The number of rotatable bonds is 6. The number of carbonyl (C=O) groups is 2. The van der Waals surface area contributed by atoms with Crippen LogP contribution in [0.1, 0.15) is 24.2 Å². The Bertz CT molecular complexity index is 756. The number of aliphatic carboxylic acids is 1. The third-order valence-electron chi connectivity index (χ3n) is 3.01. The van der Waals surface area contributed by atoms with Crippen molar-refractivity contribution >= 4 is 27.4 Å². The average molecular weight is 344 g/mol. The van der Waals surface area contributed by atoms with Crippen LogP contribution in [0, 0.1) is 16.0 Å². The average Bonchev–Trinajstić information content (AvgIpc) is 2.42. The van der Waals surface area contributed by atoms with Gasteiger partial charge in [0.25, 0.3) is 11.6 Å². The number of nitro benzene ring substituents is 1. The first-order chi connectivity index (χ1) is 10.4. The SMILES string of the molecule is CC(C)[C@H](NC(=O)c1cc([N+](=O)[O-])cc(S(C)(=O)=O)c1)C(=O)O. The van der Waals surface area contributed by atoms with Gasteiger partial charge in [0.1, 0.15) is 6.04 Å². The number of hydrogen-bond donors (Lipinski definition) is 2. The van der Waals surface area contributed by atoms with Crippen LogP contribution in [0.5, 0.6) is 0 Å². The summed E-state index contributed by atoms with van der Waals surface area (Å²) in [7, 11) is -3.78. The lowest BCUT2D eigenvalue weighted by Gasteiger charge is -2.18. The number of nitrogens with one attached hydrogen (secondary N) is 1. The van der Waals surface area contributed by atoms with E-state index in [0.717, 1.165) is 24.5 Å². The molecule has 0 aliphatic carbocycles. The molecule has 0 heterocycles. The number of carbonyl (C=O) groups excluding carboxylic acids is 1. The third-order valence-corrected chi connectivity index (χ3v) is 4.10. The molecule has 1 rings (SSSR count). The number of carboxylic acid groups (broad SMARTS) is 1. The Morgan fingerprint density at radius 3 is 2.22 bits per heavy atom. The summed E-state index contributed by atoms with van der Waals surface area (Å²) in [6.45, 7) is 3.16. The van der Waals surface area contributed by atoms with E-state index in [4.69, 9.17) is 5.11 Å². The Morgan fingerprint density at radius 2 is 1.83 bits per heavy atom. The molecular formula is C13H16N2O7S. The van der Waals surface area contributed by atoms with Crippen LogP contribution in [0.15, 0.2) is 23.1 Å². The lowest BCUT2D eigenvalue weighted by atomic mass is 10.0. The van der Waals surface area contributed by atoms with Gasteiger partial charge in [-0.3, -0.25) is 14.9 Å². The van der Waals surface area contributed by atoms with Gasteiger partial charge in [-0.05, 0) is 12.0 Å². The molecule has 9 nitrogen and oxygen atoms in total. The first-order valence-corrected chi connectivity index (χ1v) is 8.36. The molecular weight excluding hydrogens is 328 g/mol. The van der Waals surface area contributed by atoms with Crippen molar-refractivity contribution in [2.24, 2.45) is 5.92 Å². The fraction of sp³-hybridized carbons (Fsp3) is 0.385. The maximum Gasteiger partial charge on any atom is 0.326 e. The van der Waals surface area contributed by atoms with Crippen LogP contribution >= 0.6 is 0 Å². The standard InChI is InChI=1S/C13H16N2O7S/c1-7(2)11(13(17)18)14-12(16)8-4-9(15(19)20)6-10(5-8)23(3,21)22/h4-7,11H,1-3H3,(H,14,16)(H,17,18)/t11-/m0/s1. The first-order valence-electron chi connectivity index (χ1n) is 6.46. The second-order valence-corrected chi connectivity index (χ2v) is 7.29. The number of amides is 1. The molecule has 0 spiro atoms. The van der Waals surface area contributed by atoms with Gasteiger partial charge in [0, 0.05) is 24.0 Å². The van der Waals surface area contributed by atoms with Gasteiger partial charge in [-0.15, -0.1) is 0 Å². The van der Waals surface area contributed by atoms with E-state index in [0.29, 0.717) is 0 Å². The van der Waals surface area contributed by atoms with Crippen molar-refractivity contribution < 1.29 is 28.0 Å². The highest BCUT2D eigenvalue weighted by Crippen LogP contribution is 2.21. The molecule has 0 aliphatic heterocycles. The number of nitro groups is 1. The van der Waals surface area contributed by atoms with E-state index < -0.39 is 49.2 Å². The number of non-ortho nitro benzene ring substituents is 1. The minimum absolute atomic E-state index is 0.300. The van der Waals surface area contributed by atoms with Crippen LogP contribution in [0.3, 0.4) is 0 Å². The van der Waals surface area contributed by atoms with Crippen molar-refractivity contribution in [2.45, 2.75) is 24.8 Å². The smallest absolute Gasteiger partial charge is 0.326 e. The Kier molecular flexibility index (Phi) is 5.43. The van der Waals surface area contributed by atoms with Gasteiger partial charge >= 0.3 is 5.97 Å². The molecule has 1 amide bonds. The Hall–Kier alpha value is -2.49. The van der Waals surface area contributed by atoms with Crippen LogP contribution in [-0.2, 0) is 14.6 Å². The van der Waals surface area contributed by atoms with Crippen LogP contribution in [0.2, 0.25) is 0 Å². The molecule has 10 heteroatoms. The lowest BCUT2D eigenvalue weighted by molar-refractivity contribution is -0.385. The minimum Gasteiger partial charge on any atom is -0.480 e. The molecule has 0 saturated heterocycles.